The van der Waals surface area contributed by atoms with Gasteiger partial charge in [-0.05, 0) is 30.2 Å². The number of carbonyl (C=O) groups excluding carboxylic acids is 1. The first-order chi connectivity index (χ1) is 13.2. The lowest BCUT2D eigenvalue weighted by Crippen LogP contribution is -2.49. The summed E-state index contributed by atoms with van der Waals surface area (Å²) >= 11 is 0. The molecular formula is C21H26FN3O2. The Morgan fingerprint density at radius 1 is 1.26 bits per heavy atom. The van der Waals surface area contributed by atoms with E-state index in [9.17, 15) is 9.18 Å². The fourth-order valence-electron chi connectivity index (χ4n) is 3.42. The molecule has 0 aromatic heterocycles. The first-order valence-corrected chi connectivity index (χ1v) is 9.26. The molecule has 0 spiro atoms. The molecule has 144 valence electrons. The van der Waals surface area contributed by atoms with Crippen LogP contribution in [-0.2, 0) is 11.2 Å². The molecule has 2 N–H and O–H groups in total. The van der Waals surface area contributed by atoms with Gasteiger partial charge in [-0.15, -0.1) is 0 Å². The maximum Gasteiger partial charge on any atom is 0.234 e. The molecule has 0 bridgehead atoms. The minimum absolute atomic E-state index is 0.00101. The number of nitrogens with one attached hydrogen (secondary N) is 2. The molecule has 1 aliphatic heterocycles. The third-order valence-electron chi connectivity index (χ3n) is 4.85. The number of para-hydroxylation sites is 1. The summed E-state index contributed by atoms with van der Waals surface area (Å²) in [6.07, 6.45) is 0.684. The van der Waals surface area contributed by atoms with Crippen molar-refractivity contribution in [3.63, 3.8) is 0 Å². The van der Waals surface area contributed by atoms with Crippen molar-refractivity contribution in [1.29, 1.82) is 0 Å². The minimum atomic E-state index is -0.246. The van der Waals surface area contributed by atoms with E-state index in [4.69, 9.17) is 4.74 Å². The van der Waals surface area contributed by atoms with Gasteiger partial charge in [0, 0.05) is 31.7 Å². The van der Waals surface area contributed by atoms with Crippen molar-refractivity contribution >= 4 is 5.91 Å². The molecule has 0 saturated carbocycles. The number of carbonyl (C=O) groups is 1. The number of hydrogen-bond acceptors (Lipinski definition) is 4. The number of piperazine rings is 1. The lowest BCUT2D eigenvalue weighted by Gasteiger charge is -2.36. The van der Waals surface area contributed by atoms with E-state index in [1.165, 1.54) is 12.1 Å². The van der Waals surface area contributed by atoms with Crippen molar-refractivity contribution < 1.29 is 13.9 Å². The number of methoxy groups -OCH3 is 1. The van der Waals surface area contributed by atoms with E-state index in [0.717, 1.165) is 36.5 Å². The summed E-state index contributed by atoms with van der Waals surface area (Å²) in [4.78, 5) is 14.6. The van der Waals surface area contributed by atoms with Crippen LogP contribution in [0.1, 0.15) is 17.2 Å². The number of halogens is 1. The van der Waals surface area contributed by atoms with Gasteiger partial charge in [0.2, 0.25) is 5.91 Å². The smallest absolute Gasteiger partial charge is 0.234 e. The van der Waals surface area contributed by atoms with Crippen LogP contribution >= 0.6 is 0 Å². The van der Waals surface area contributed by atoms with Gasteiger partial charge in [-0.25, -0.2) is 4.39 Å². The first-order valence-electron chi connectivity index (χ1n) is 9.26. The fourth-order valence-corrected chi connectivity index (χ4v) is 3.42. The van der Waals surface area contributed by atoms with Gasteiger partial charge >= 0.3 is 0 Å². The van der Waals surface area contributed by atoms with Crippen LogP contribution in [0, 0.1) is 5.82 Å². The van der Waals surface area contributed by atoms with Crippen molar-refractivity contribution in [2.45, 2.75) is 12.5 Å². The zero-order valence-corrected chi connectivity index (χ0v) is 15.6. The van der Waals surface area contributed by atoms with Gasteiger partial charge in [0.25, 0.3) is 0 Å². The molecule has 5 nitrogen and oxygen atoms in total. The van der Waals surface area contributed by atoms with Crippen LogP contribution in [0.4, 0.5) is 4.39 Å². The van der Waals surface area contributed by atoms with E-state index < -0.39 is 0 Å². The van der Waals surface area contributed by atoms with Gasteiger partial charge in [-0.3, -0.25) is 9.69 Å². The number of amides is 1. The molecule has 1 atom stereocenters. The number of ether oxygens (including phenoxy) is 1. The quantitative estimate of drug-likeness (QED) is 0.783. The Hall–Kier alpha value is -2.44. The van der Waals surface area contributed by atoms with Crippen LogP contribution < -0.4 is 15.4 Å². The Morgan fingerprint density at radius 2 is 2.04 bits per heavy atom. The van der Waals surface area contributed by atoms with Crippen molar-refractivity contribution in [3.8, 4) is 5.75 Å². The average molecular weight is 371 g/mol. The highest BCUT2D eigenvalue weighted by molar-refractivity contribution is 5.78. The van der Waals surface area contributed by atoms with Gasteiger partial charge in [0.05, 0.1) is 19.7 Å². The zero-order chi connectivity index (χ0) is 19.1. The highest BCUT2D eigenvalue weighted by Gasteiger charge is 2.27. The van der Waals surface area contributed by atoms with E-state index in [0.29, 0.717) is 19.5 Å². The molecule has 1 heterocycles. The van der Waals surface area contributed by atoms with Gasteiger partial charge in [-0.2, -0.15) is 0 Å². The van der Waals surface area contributed by atoms with Gasteiger partial charge in [-0.1, -0.05) is 30.3 Å². The monoisotopic (exact) mass is 371 g/mol. The Kier molecular flexibility index (Phi) is 6.79. The number of hydrogen-bond donors (Lipinski definition) is 2. The van der Waals surface area contributed by atoms with Crippen molar-refractivity contribution in [2.75, 3.05) is 39.8 Å². The van der Waals surface area contributed by atoms with Crippen LogP contribution in [0.5, 0.6) is 5.75 Å². The molecule has 0 aliphatic carbocycles. The Bertz CT molecular complexity index is 751. The lowest BCUT2D eigenvalue weighted by atomic mass is 10.0. The molecule has 0 radical (unpaired) electrons. The summed E-state index contributed by atoms with van der Waals surface area (Å²) in [6.45, 7) is 3.32. The maximum absolute atomic E-state index is 12.9. The summed E-state index contributed by atoms with van der Waals surface area (Å²) < 4.78 is 18.4. The second-order valence-corrected chi connectivity index (χ2v) is 6.66. The molecule has 2 aromatic rings. The SMILES string of the molecule is COc1ccccc1C1CNCCN1CC(=O)NCCc1ccc(F)cc1. The highest BCUT2D eigenvalue weighted by atomic mass is 19.1. The molecule has 2 aromatic carbocycles. The van der Waals surface area contributed by atoms with E-state index in [2.05, 4.69) is 21.6 Å². The van der Waals surface area contributed by atoms with Crippen LogP contribution in [0.15, 0.2) is 48.5 Å². The van der Waals surface area contributed by atoms with Gasteiger partial charge < -0.3 is 15.4 Å². The molecule has 1 amide bonds. The van der Waals surface area contributed by atoms with E-state index in [-0.39, 0.29) is 17.8 Å². The predicted molar refractivity (Wildman–Crippen MR) is 103 cm³/mol. The third-order valence-corrected chi connectivity index (χ3v) is 4.85. The third kappa shape index (κ3) is 5.28. The van der Waals surface area contributed by atoms with Crippen LogP contribution in [0.25, 0.3) is 0 Å². The lowest BCUT2D eigenvalue weighted by molar-refractivity contribution is -0.123. The average Bonchev–Trinajstić information content (AvgIpc) is 2.70. The Balaban J connectivity index is 1.55. The van der Waals surface area contributed by atoms with E-state index in [1.54, 1.807) is 19.2 Å². The minimum Gasteiger partial charge on any atom is -0.496 e. The van der Waals surface area contributed by atoms with Crippen LogP contribution in [0.3, 0.4) is 0 Å². The van der Waals surface area contributed by atoms with Crippen LogP contribution in [-0.4, -0.2) is 50.6 Å². The van der Waals surface area contributed by atoms with Gasteiger partial charge in [0.1, 0.15) is 11.6 Å². The number of nitrogens with zero attached hydrogens (tertiary/aromatic N) is 1. The molecule has 3 rings (SSSR count). The highest BCUT2D eigenvalue weighted by Crippen LogP contribution is 2.29. The molecule has 1 unspecified atom stereocenters. The topological polar surface area (TPSA) is 53.6 Å². The van der Waals surface area contributed by atoms with Crippen molar-refractivity contribution in [3.05, 3.63) is 65.5 Å². The number of rotatable bonds is 7. The second kappa shape index (κ2) is 9.48. The molecule has 1 aliphatic rings. The van der Waals surface area contributed by atoms with Gasteiger partial charge in [0.15, 0.2) is 0 Å². The largest absolute Gasteiger partial charge is 0.496 e. The maximum atomic E-state index is 12.9. The summed E-state index contributed by atoms with van der Waals surface area (Å²) in [5.74, 6) is 0.593. The fraction of sp³-hybridized carbons (Fsp3) is 0.381. The summed E-state index contributed by atoms with van der Waals surface area (Å²) in [5, 5.41) is 6.37. The zero-order valence-electron chi connectivity index (χ0n) is 15.6. The number of benzene rings is 2. The molecule has 27 heavy (non-hydrogen) atoms. The Labute approximate surface area is 159 Å². The standard InChI is InChI=1S/C21H26FN3O2/c1-27-20-5-3-2-4-18(20)19-14-23-12-13-25(19)15-21(26)24-11-10-16-6-8-17(22)9-7-16/h2-9,19,23H,10-15H2,1H3,(H,24,26). The molecule has 6 heteroatoms. The van der Waals surface area contributed by atoms with Crippen molar-refractivity contribution in [2.24, 2.45) is 0 Å². The first kappa shape index (κ1) is 19.3. The summed E-state index contributed by atoms with van der Waals surface area (Å²) in [7, 11) is 1.67. The molecule has 1 fully saturated rings. The van der Waals surface area contributed by atoms with E-state index in [1.807, 2.05) is 18.2 Å². The Morgan fingerprint density at radius 3 is 2.81 bits per heavy atom. The predicted octanol–water partition coefficient (Wildman–Crippen LogP) is 2.14. The summed E-state index contributed by atoms with van der Waals surface area (Å²) in [5.41, 5.74) is 2.09. The van der Waals surface area contributed by atoms with Crippen molar-refractivity contribution in [1.82, 2.24) is 15.5 Å². The normalized spacial score (nSPS) is 17.5. The van der Waals surface area contributed by atoms with E-state index >= 15 is 0 Å². The summed E-state index contributed by atoms with van der Waals surface area (Å²) in [6, 6.07) is 14.4. The molecular weight excluding hydrogens is 345 g/mol. The molecule has 1 saturated heterocycles. The second-order valence-electron chi connectivity index (χ2n) is 6.66. The van der Waals surface area contributed by atoms with Crippen LogP contribution in [0.2, 0.25) is 0 Å².